The van der Waals surface area contributed by atoms with E-state index in [1.807, 2.05) is 30.5 Å². The molecule has 7 heteroatoms. The molecule has 5 nitrogen and oxygen atoms in total. The van der Waals surface area contributed by atoms with Crippen LogP contribution in [0.2, 0.25) is 0 Å². The molecule has 1 aromatic carbocycles. The molecule has 0 aliphatic carbocycles. The van der Waals surface area contributed by atoms with Crippen LogP contribution in [0.5, 0.6) is 0 Å². The Morgan fingerprint density at radius 3 is 2.75 bits per heavy atom. The minimum Gasteiger partial charge on any atom is -0.466 e. The molecule has 1 amide bonds. The Hall–Kier alpha value is -2.12. The Morgan fingerprint density at radius 1 is 1.33 bits per heavy atom. The summed E-state index contributed by atoms with van der Waals surface area (Å²) in [4.78, 5) is 28.7. The molecule has 0 atom stereocenters. The minimum absolute atomic E-state index is 0.109. The first kappa shape index (κ1) is 18.2. The molecule has 0 spiro atoms. The second-order valence-corrected chi connectivity index (χ2v) is 6.46. The van der Waals surface area contributed by atoms with Gasteiger partial charge in [-0.05, 0) is 37.0 Å². The highest BCUT2D eigenvalue weighted by molar-refractivity contribution is 7.98. The van der Waals surface area contributed by atoms with Crippen molar-refractivity contribution in [1.29, 1.82) is 0 Å². The number of rotatable bonds is 7. The van der Waals surface area contributed by atoms with Gasteiger partial charge in [0.1, 0.15) is 0 Å². The van der Waals surface area contributed by atoms with Gasteiger partial charge in [0.05, 0.1) is 18.7 Å². The maximum Gasteiger partial charge on any atom is 0.311 e. The second-order valence-electron chi connectivity index (χ2n) is 4.72. The van der Waals surface area contributed by atoms with Crippen LogP contribution in [0.1, 0.15) is 18.2 Å². The number of nitrogens with one attached hydrogen (secondary N) is 1. The summed E-state index contributed by atoms with van der Waals surface area (Å²) in [5, 5.41) is 4.88. The molecule has 0 bridgehead atoms. The Morgan fingerprint density at radius 2 is 2.08 bits per heavy atom. The molecule has 0 saturated carbocycles. The molecule has 0 saturated heterocycles. The van der Waals surface area contributed by atoms with Gasteiger partial charge < -0.3 is 4.74 Å². The van der Waals surface area contributed by atoms with Gasteiger partial charge in [-0.2, -0.15) is 0 Å². The highest BCUT2D eigenvalue weighted by Gasteiger charge is 2.09. The zero-order chi connectivity index (χ0) is 17.4. The number of aromatic nitrogens is 1. The van der Waals surface area contributed by atoms with Gasteiger partial charge in [0.2, 0.25) is 5.91 Å². The predicted molar refractivity (Wildman–Crippen MR) is 98.3 cm³/mol. The lowest BCUT2D eigenvalue weighted by Crippen LogP contribution is -2.09. The van der Waals surface area contributed by atoms with Gasteiger partial charge in [0, 0.05) is 16.4 Å². The number of esters is 1. The van der Waals surface area contributed by atoms with E-state index in [4.69, 9.17) is 4.74 Å². The number of hydrogen-bond acceptors (Lipinski definition) is 6. The fourth-order valence-corrected chi connectivity index (χ4v) is 2.96. The minimum atomic E-state index is -0.325. The number of anilines is 1. The van der Waals surface area contributed by atoms with E-state index in [2.05, 4.69) is 10.3 Å². The van der Waals surface area contributed by atoms with Crippen molar-refractivity contribution in [3.63, 3.8) is 0 Å². The Labute approximate surface area is 149 Å². The van der Waals surface area contributed by atoms with Crippen molar-refractivity contribution >= 4 is 46.2 Å². The number of amides is 1. The molecular formula is C17H18N2O3S2. The van der Waals surface area contributed by atoms with Crippen LogP contribution >= 0.6 is 23.1 Å². The van der Waals surface area contributed by atoms with Crippen LogP contribution in [-0.2, 0) is 20.7 Å². The summed E-state index contributed by atoms with van der Waals surface area (Å²) in [5.41, 5.74) is 1.54. The number of ether oxygens (including phenoxy) is 1. The number of thiazole rings is 1. The molecule has 0 radical (unpaired) electrons. The van der Waals surface area contributed by atoms with Crippen LogP contribution < -0.4 is 5.32 Å². The molecule has 0 fully saturated rings. The molecule has 2 rings (SSSR count). The van der Waals surface area contributed by atoms with E-state index in [1.54, 1.807) is 30.1 Å². The zero-order valence-electron chi connectivity index (χ0n) is 13.4. The summed E-state index contributed by atoms with van der Waals surface area (Å²) in [6.45, 7) is 2.10. The number of carbonyl (C=O) groups is 2. The smallest absolute Gasteiger partial charge is 0.311 e. The third kappa shape index (κ3) is 5.82. The molecule has 0 aliphatic rings. The lowest BCUT2D eigenvalue weighted by molar-refractivity contribution is -0.142. The maximum absolute atomic E-state index is 11.9. The van der Waals surface area contributed by atoms with Crippen molar-refractivity contribution in [3.05, 3.63) is 47.0 Å². The first-order valence-electron chi connectivity index (χ1n) is 7.34. The van der Waals surface area contributed by atoms with Gasteiger partial charge in [-0.1, -0.05) is 12.1 Å². The topological polar surface area (TPSA) is 68.3 Å². The third-order valence-corrected chi connectivity index (χ3v) is 4.51. The Bertz CT molecular complexity index is 724. The lowest BCUT2D eigenvalue weighted by Gasteiger charge is -1.99. The summed E-state index contributed by atoms with van der Waals surface area (Å²) in [5.74, 6) is -0.588. The highest BCUT2D eigenvalue weighted by Crippen LogP contribution is 2.17. The van der Waals surface area contributed by atoms with Crippen molar-refractivity contribution in [3.8, 4) is 0 Å². The zero-order valence-corrected chi connectivity index (χ0v) is 15.1. The monoisotopic (exact) mass is 362 g/mol. The van der Waals surface area contributed by atoms with Gasteiger partial charge in [-0.25, -0.2) is 4.98 Å². The second kappa shape index (κ2) is 9.24. The number of benzene rings is 1. The van der Waals surface area contributed by atoms with Gasteiger partial charge in [0.25, 0.3) is 0 Å². The van der Waals surface area contributed by atoms with Crippen molar-refractivity contribution < 1.29 is 14.3 Å². The molecule has 126 valence electrons. The van der Waals surface area contributed by atoms with Gasteiger partial charge in [-0.3, -0.25) is 14.9 Å². The van der Waals surface area contributed by atoms with Crippen molar-refractivity contribution in [2.75, 3.05) is 18.2 Å². The quantitative estimate of drug-likeness (QED) is 0.463. The molecule has 24 heavy (non-hydrogen) atoms. The fourth-order valence-electron chi connectivity index (χ4n) is 1.84. The van der Waals surface area contributed by atoms with E-state index in [0.29, 0.717) is 17.4 Å². The van der Waals surface area contributed by atoms with E-state index < -0.39 is 0 Å². The van der Waals surface area contributed by atoms with Crippen LogP contribution in [0.25, 0.3) is 6.08 Å². The van der Waals surface area contributed by atoms with Gasteiger partial charge in [-0.15, -0.1) is 23.1 Å². The van der Waals surface area contributed by atoms with Crippen molar-refractivity contribution in [2.45, 2.75) is 18.2 Å². The Kier molecular flexibility index (Phi) is 7.02. The van der Waals surface area contributed by atoms with E-state index in [-0.39, 0.29) is 18.3 Å². The first-order valence-corrected chi connectivity index (χ1v) is 9.44. The average Bonchev–Trinajstić information content (AvgIpc) is 3.00. The van der Waals surface area contributed by atoms with Crippen molar-refractivity contribution in [1.82, 2.24) is 4.98 Å². The van der Waals surface area contributed by atoms with Crippen LogP contribution in [0, 0.1) is 0 Å². The van der Waals surface area contributed by atoms with E-state index in [9.17, 15) is 9.59 Å². The van der Waals surface area contributed by atoms with Gasteiger partial charge >= 0.3 is 5.97 Å². The molecule has 2 aromatic rings. The molecule has 1 aromatic heterocycles. The summed E-state index contributed by atoms with van der Waals surface area (Å²) >= 11 is 2.95. The van der Waals surface area contributed by atoms with Crippen molar-refractivity contribution in [2.24, 2.45) is 0 Å². The largest absolute Gasteiger partial charge is 0.466 e. The molecule has 1 heterocycles. The number of hydrogen-bond donors (Lipinski definition) is 1. The van der Waals surface area contributed by atoms with Gasteiger partial charge in [0.15, 0.2) is 5.13 Å². The number of nitrogens with zero attached hydrogens (tertiary/aromatic N) is 1. The third-order valence-electron chi connectivity index (χ3n) is 2.96. The summed E-state index contributed by atoms with van der Waals surface area (Å²) < 4.78 is 4.87. The normalized spacial score (nSPS) is 10.8. The highest BCUT2D eigenvalue weighted by atomic mass is 32.2. The predicted octanol–water partition coefficient (Wildman–Crippen LogP) is 3.62. The first-order chi connectivity index (χ1) is 11.6. The summed E-state index contributed by atoms with van der Waals surface area (Å²) in [7, 11) is 0. The standard InChI is InChI=1S/C17H18N2O3S2/c1-3-22-16(21)10-13-11-24-17(18-13)19-15(20)9-6-12-4-7-14(23-2)8-5-12/h4-9,11H,3,10H2,1-2H3,(H,18,19,20)/b9-6+. The van der Waals surface area contributed by atoms with E-state index in [0.717, 1.165) is 5.56 Å². The summed E-state index contributed by atoms with van der Waals surface area (Å²) in [6.07, 6.45) is 5.33. The van der Waals surface area contributed by atoms with E-state index in [1.165, 1.54) is 22.3 Å². The number of thioether (sulfide) groups is 1. The Balaban J connectivity index is 1.88. The maximum atomic E-state index is 11.9. The fraction of sp³-hybridized carbons (Fsp3) is 0.235. The van der Waals surface area contributed by atoms with Crippen LogP contribution in [-0.4, -0.2) is 29.7 Å². The molecule has 0 unspecified atom stereocenters. The molecular weight excluding hydrogens is 344 g/mol. The molecule has 1 N–H and O–H groups in total. The summed E-state index contributed by atoms with van der Waals surface area (Å²) in [6, 6.07) is 7.92. The van der Waals surface area contributed by atoms with Crippen LogP contribution in [0.4, 0.5) is 5.13 Å². The van der Waals surface area contributed by atoms with E-state index >= 15 is 0 Å². The van der Waals surface area contributed by atoms with Crippen LogP contribution in [0.15, 0.2) is 40.6 Å². The SMILES string of the molecule is CCOC(=O)Cc1csc(NC(=O)/C=C/c2ccc(SC)cc2)n1. The number of carbonyl (C=O) groups excluding carboxylic acids is 2. The van der Waals surface area contributed by atoms with Crippen LogP contribution in [0.3, 0.4) is 0 Å². The average molecular weight is 362 g/mol. The lowest BCUT2D eigenvalue weighted by atomic mass is 10.2. The molecule has 0 aliphatic heterocycles.